The van der Waals surface area contributed by atoms with E-state index in [-0.39, 0.29) is 11.7 Å². The first-order chi connectivity index (χ1) is 12.7. The third-order valence-electron chi connectivity index (χ3n) is 4.25. The Morgan fingerprint density at radius 2 is 2.11 bits per heavy atom. The number of benzene rings is 1. The van der Waals surface area contributed by atoms with Gasteiger partial charge in [-0.15, -0.1) is 0 Å². The number of carboxylic acids is 1. The lowest BCUT2D eigenvalue weighted by atomic mass is 10.1. The minimum atomic E-state index is -1.04. The van der Waals surface area contributed by atoms with Gasteiger partial charge >= 0.3 is 12.1 Å². The highest BCUT2D eigenvalue weighted by Crippen LogP contribution is 2.38. The largest absolute Gasteiger partial charge is 0.477 e. The fourth-order valence-corrected chi connectivity index (χ4v) is 3.18. The second-order valence-electron chi connectivity index (χ2n) is 7.46. The fourth-order valence-electron chi connectivity index (χ4n) is 3.18. The van der Waals surface area contributed by atoms with Crippen LogP contribution in [0.1, 0.15) is 48.7 Å². The first-order valence-corrected chi connectivity index (χ1v) is 8.84. The molecule has 0 aliphatic carbocycles. The van der Waals surface area contributed by atoms with Crippen molar-refractivity contribution in [1.29, 1.82) is 0 Å². The van der Waals surface area contributed by atoms with E-state index in [1.54, 1.807) is 0 Å². The molecule has 0 bridgehead atoms. The van der Waals surface area contributed by atoms with Crippen LogP contribution in [0, 0.1) is 0 Å². The van der Waals surface area contributed by atoms with Crippen LogP contribution in [-0.4, -0.2) is 45.8 Å². The number of anilines is 1. The van der Waals surface area contributed by atoms with E-state index in [4.69, 9.17) is 9.84 Å². The van der Waals surface area contributed by atoms with Crippen LogP contribution < -0.4 is 10.2 Å². The van der Waals surface area contributed by atoms with Crippen molar-refractivity contribution < 1.29 is 19.4 Å². The molecule has 2 heterocycles. The Morgan fingerprint density at radius 3 is 2.78 bits per heavy atom. The number of carbonyl (C=O) groups excluding carboxylic acids is 1. The molecule has 1 aliphatic rings. The molecule has 1 atom stereocenters. The minimum Gasteiger partial charge on any atom is -0.477 e. The van der Waals surface area contributed by atoms with E-state index >= 15 is 0 Å². The van der Waals surface area contributed by atoms with E-state index in [1.807, 2.05) is 45.0 Å². The molecular formula is C19H24N4O4. The highest BCUT2D eigenvalue weighted by molar-refractivity contribution is 5.85. The summed E-state index contributed by atoms with van der Waals surface area (Å²) in [6.45, 7) is 6.39. The zero-order valence-electron chi connectivity index (χ0n) is 15.7. The van der Waals surface area contributed by atoms with E-state index in [0.717, 1.165) is 17.7 Å². The topological polar surface area (TPSA) is 108 Å². The van der Waals surface area contributed by atoms with E-state index in [9.17, 15) is 9.59 Å². The molecule has 1 aliphatic heterocycles. The molecule has 3 rings (SSSR count). The summed E-state index contributed by atoms with van der Waals surface area (Å²) in [5.74, 6) is -0.441. The number of fused-ring (bicyclic) bond motifs is 1. The summed E-state index contributed by atoms with van der Waals surface area (Å²) in [5, 5.41) is 11.9. The summed E-state index contributed by atoms with van der Waals surface area (Å²) in [4.78, 5) is 32.3. The van der Waals surface area contributed by atoms with Crippen molar-refractivity contribution >= 4 is 17.7 Å². The second-order valence-corrected chi connectivity index (χ2v) is 7.46. The number of ether oxygens (including phenoxy) is 1. The van der Waals surface area contributed by atoms with Gasteiger partial charge in [0.25, 0.3) is 0 Å². The molecule has 1 aromatic heterocycles. The van der Waals surface area contributed by atoms with Gasteiger partial charge in [-0.2, -0.15) is 0 Å². The fraction of sp³-hybridized carbons (Fsp3) is 0.421. The number of aromatic carboxylic acids is 1. The molecule has 27 heavy (non-hydrogen) atoms. The van der Waals surface area contributed by atoms with Crippen LogP contribution in [0.4, 0.5) is 10.5 Å². The zero-order valence-corrected chi connectivity index (χ0v) is 15.7. The van der Waals surface area contributed by atoms with Crippen LogP contribution in [-0.2, 0) is 11.2 Å². The van der Waals surface area contributed by atoms with E-state index in [1.165, 1.54) is 6.20 Å². The lowest BCUT2D eigenvalue weighted by Gasteiger charge is -2.27. The van der Waals surface area contributed by atoms with Gasteiger partial charge in [0.1, 0.15) is 17.1 Å². The SMILES string of the molecule is CC(C)(C)OC(=O)NCCN1c2ccccc2CC1c1ncc(C(=O)O)[nH]1. The molecule has 1 amide bonds. The molecule has 0 saturated carbocycles. The van der Waals surface area contributed by atoms with Crippen molar-refractivity contribution in [1.82, 2.24) is 15.3 Å². The molecule has 0 saturated heterocycles. The molecule has 1 aromatic carbocycles. The highest BCUT2D eigenvalue weighted by atomic mass is 16.6. The van der Waals surface area contributed by atoms with Crippen molar-refractivity contribution in [2.45, 2.75) is 38.8 Å². The first kappa shape index (κ1) is 18.8. The molecule has 2 aromatic rings. The first-order valence-electron chi connectivity index (χ1n) is 8.84. The van der Waals surface area contributed by atoms with E-state index in [2.05, 4.69) is 20.2 Å². The number of amides is 1. The number of hydrogen-bond donors (Lipinski definition) is 3. The number of imidazole rings is 1. The lowest BCUT2D eigenvalue weighted by Crippen LogP contribution is -2.38. The Balaban J connectivity index is 1.72. The number of nitrogens with zero attached hydrogens (tertiary/aromatic N) is 2. The van der Waals surface area contributed by atoms with Gasteiger partial charge in [0.15, 0.2) is 0 Å². The molecule has 144 valence electrons. The Bertz CT molecular complexity index is 840. The Hall–Kier alpha value is -3.03. The van der Waals surface area contributed by atoms with Crippen LogP contribution in [0.2, 0.25) is 0 Å². The van der Waals surface area contributed by atoms with Crippen molar-refractivity contribution in [3.8, 4) is 0 Å². The van der Waals surface area contributed by atoms with Gasteiger partial charge in [-0.25, -0.2) is 14.6 Å². The van der Waals surface area contributed by atoms with Gasteiger partial charge in [-0.1, -0.05) is 18.2 Å². The van der Waals surface area contributed by atoms with Crippen LogP contribution in [0.5, 0.6) is 0 Å². The number of aromatic nitrogens is 2. The summed E-state index contributed by atoms with van der Waals surface area (Å²) in [5.41, 5.74) is 1.73. The van der Waals surface area contributed by atoms with Gasteiger partial charge in [0, 0.05) is 25.2 Å². The van der Waals surface area contributed by atoms with Crippen molar-refractivity contribution in [3.63, 3.8) is 0 Å². The number of para-hydroxylation sites is 1. The minimum absolute atomic E-state index is 0.0628. The van der Waals surface area contributed by atoms with Gasteiger partial charge in [0.05, 0.1) is 12.2 Å². The van der Waals surface area contributed by atoms with Crippen LogP contribution >= 0.6 is 0 Å². The number of aromatic amines is 1. The number of carboxylic acid groups (broad SMARTS) is 1. The average Bonchev–Trinajstić information content (AvgIpc) is 3.18. The lowest BCUT2D eigenvalue weighted by molar-refractivity contribution is 0.0528. The Morgan fingerprint density at radius 1 is 1.37 bits per heavy atom. The third-order valence-corrected chi connectivity index (χ3v) is 4.25. The number of hydrogen-bond acceptors (Lipinski definition) is 5. The number of alkyl carbamates (subject to hydrolysis) is 1. The highest BCUT2D eigenvalue weighted by Gasteiger charge is 2.32. The maximum absolute atomic E-state index is 11.9. The molecule has 0 spiro atoms. The predicted molar refractivity (Wildman–Crippen MR) is 100 cm³/mol. The van der Waals surface area contributed by atoms with E-state index < -0.39 is 17.7 Å². The molecule has 0 fully saturated rings. The molecule has 8 heteroatoms. The average molecular weight is 372 g/mol. The van der Waals surface area contributed by atoms with Crippen LogP contribution in [0.3, 0.4) is 0 Å². The number of H-pyrrole nitrogens is 1. The third kappa shape index (κ3) is 4.39. The summed E-state index contributed by atoms with van der Waals surface area (Å²) in [7, 11) is 0. The molecular weight excluding hydrogens is 348 g/mol. The van der Waals surface area contributed by atoms with Crippen molar-refractivity contribution in [2.75, 3.05) is 18.0 Å². The Labute approximate surface area is 157 Å². The van der Waals surface area contributed by atoms with Crippen LogP contribution in [0.25, 0.3) is 0 Å². The number of rotatable bonds is 5. The maximum Gasteiger partial charge on any atom is 0.407 e. The quantitative estimate of drug-likeness (QED) is 0.745. The van der Waals surface area contributed by atoms with Gasteiger partial charge in [-0.05, 0) is 32.4 Å². The normalized spacial score (nSPS) is 16.1. The van der Waals surface area contributed by atoms with Crippen LogP contribution in [0.15, 0.2) is 30.5 Å². The molecule has 3 N–H and O–H groups in total. The number of nitrogens with one attached hydrogen (secondary N) is 2. The zero-order chi connectivity index (χ0) is 19.6. The molecule has 0 radical (unpaired) electrons. The predicted octanol–water partition coefficient (Wildman–Crippen LogP) is 2.74. The van der Waals surface area contributed by atoms with Gasteiger partial charge < -0.3 is 25.0 Å². The molecule has 1 unspecified atom stereocenters. The summed E-state index contributed by atoms with van der Waals surface area (Å²) in [6, 6.07) is 7.88. The standard InChI is InChI=1S/C19H24N4O4/c1-19(2,3)27-18(26)20-8-9-23-14-7-5-4-6-12(14)10-15(23)16-21-11-13(22-16)17(24)25/h4-7,11,15H,8-10H2,1-3H3,(H,20,26)(H,21,22)(H,24,25). The monoisotopic (exact) mass is 372 g/mol. The second kappa shape index (κ2) is 7.30. The smallest absolute Gasteiger partial charge is 0.407 e. The maximum atomic E-state index is 11.9. The van der Waals surface area contributed by atoms with Crippen molar-refractivity contribution in [3.05, 3.63) is 47.5 Å². The molecule has 8 nitrogen and oxygen atoms in total. The summed E-state index contributed by atoms with van der Waals surface area (Å²) >= 11 is 0. The number of carbonyl (C=O) groups is 2. The summed E-state index contributed by atoms with van der Waals surface area (Å²) < 4.78 is 5.26. The van der Waals surface area contributed by atoms with E-state index in [0.29, 0.717) is 18.9 Å². The van der Waals surface area contributed by atoms with Gasteiger partial charge in [-0.3, -0.25) is 0 Å². The summed E-state index contributed by atoms with van der Waals surface area (Å²) in [6.07, 6.45) is 1.59. The van der Waals surface area contributed by atoms with Gasteiger partial charge in [0.2, 0.25) is 0 Å². The Kier molecular flexibility index (Phi) is 5.07. The van der Waals surface area contributed by atoms with Crippen molar-refractivity contribution in [2.24, 2.45) is 0 Å².